The molecule has 5 nitrogen and oxygen atoms in total. The fraction of sp³-hybridized carbons (Fsp3) is 0.737. The molecule has 1 saturated heterocycles. The molecule has 3 rings (SSSR count). The molecule has 1 aliphatic carbocycles. The number of nitrogens with one attached hydrogen (secondary N) is 2. The molecule has 0 amide bonds. The van der Waals surface area contributed by atoms with Crippen molar-refractivity contribution >= 4 is 5.96 Å². The predicted molar refractivity (Wildman–Crippen MR) is 98.4 cm³/mol. The molecule has 1 aromatic rings. The van der Waals surface area contributed by atoms with Crippen molar-refractivity contribution < 1.29 is 4.42 Å². The van der Waals surface area contributed by atoms with Gasteiger partial charge in [-0.05, 0) is 44.7 Å². The molecule has 2 heterocycles. The minimum absolute atomic E-state index is 0.545. The van der Waals surface area contributed by atoms with Gasteiger partial charge in [-0.3, -0.25) is 4.99 Å². The first-order chi connectivity index (χ1) is 11.8. The van der Waals surface area contributed by atoms with Crippen LogP contribution in [0, 0.1) is 0 Å². The molecule has 1 saturated carbocycles. The lowest BCUT2D eigenvalue weighted by molar-refractivity contribution is 0.150. The second-order valence-corrected chi connectivity index (χ2v) is 6.98. The fourth-order valence-electron chi connectivity index (χ4n) is 3.92. The number of piperidine rings is 1. The number of guanidine groups is 1. The Kier molecular flexibility index (Phi) is 6.58. The van der Waals surface area contributed by atoms with Crippen molar-refractivity contribution in [2.75, 3.05) is 26.2 Å². The van der Waals surface area contributed by atoms with Crippen LogP contribution in [0.15, 0.2) is 27.8 Å². The van der Waals surface area contributed by atoms with E-state index >= 15 is 0 Å². The summed E-state index contributed by atoms with van der Waals surface area (Å²) in [6.07, 6.45) is 10.7. The third kappa shape index (κ3) is 5.00. The van der Waals surface area contributed by atoms with Crippen LogP contribution in [0.2, 0.25) is 0 Å². The molecular formula is C19H32N4O. The molecule has 2 aliphatic rings. The van der Waals surface area contributed by atoms with E-state index in [1.807, 2.05) is 12.1 Å². The molecule has 5 heteroatoms. The molecule has 1 aromatic heterocycles. The summed E-state index contributed by atoms with van der Waals surface area (Å²) in [5.41, 5.74) is 0. The van der Waals surface area contributed by atoms with Gasteiger partial charge in [0.2, 0.25) is 0 Å². The van der Waals surface area contributed by atoms with E-state index in [1.165, 1.54) is 51.6 Å². The molecule has 0 unspecified atom stereocenters. The van der Waals surface area contributed by atoms with Gasteiger partial charge in [0.05, 0.1) is 6.26 Å². The molecule has 0 radical (unpaired) electrons. The summed E-state index contributed by atoms with van der Waals surface area (Å²) in [4.78, 5) is 7.41. The Morgan fingerprint density at radius 3 is 2.71 bits per heavy atom. The zero-order chi connectivity index (χ0) is 16.6. The fourth-order valence-corrected chi connectivity index (χ4v) is 3.92. The van der Waals surface area contributed by atoms with Crippen LogP contribution < -0.4 is 10.6 Å². The monoisotopic (exact) mass is 332 g/mol. The summed E-state index contributed by atoms with van der Waals surface area (Å²) in [5.74, 6) is 1.95. The number of likely N-dealkylation sites (tertiary alicyclic amines) is 1. The molecule has 24 heavy (non-hydrogen) atoms. The van der Waals surface area contributed by atoms with Crippen molar-refractivity contribution in [3.63, 3.8) is 0 Å². The average Bonchev–Trinajstić information content (AvgIpc) is 3.29. The highest BCUT2D eigenvalue weighted by Gasteiger charge is 2.27. The maximum Gasteiger partial charge on any atom is 0.191 e. The van der Waals surface area contributed by atoms with Gasteiger partial charge in [-0.25, -0.2) is 0 Å². The standard InChI is InChI=1S/C19H32N4O/c1-2-20-19(21-12-9-18-8-5-15-24-18)22-16-10-13-23(14-11-16)17-6-3-4-7-17/h5,8,15-17H,2-4,6-7,9-14H2,1H3,(H2,20,21,22). The second-order valence-electron chi connectivity index (χ2n) is 6.98. The van der Waals surface area contributed by atoms with Crippen molar-refractivity contribution in [1.82, 2.24) is 15.5 Å². The van der Waals surface area contributed by atoms with Gasteiger partial charge in [-0.1, -0.05) is 12.8 Å². The number of hydrogen-bond donors (Lipinski definition) is 2. The van der Waals surface area contributed by atoms with Gasteiger partial charge in [-0.2, -0.15) is 0 Å². The van der Waals surface area contributed by atoms with Gasteiger partial charge >= 0.3 is 0 Å². The van der Waals surface area contributed by atoms with Crippen LogP contribution in [0.3, 0.4) is 0 Å². The van der Waals surface area contributed by atoms with E-state index < -0.39 is 0 Å². The maximum absolute atomic E-state index is 5.37. The van der Waals surface area contributed by atoms with Crippen LogP contribution in [-0.2, 0) is 6.42 Å². The highest BCUT2D eigenvalue weighted by molar-refractivity contribution is 5.80. The summed E-state index contributed by atoms with van der Waals surface area (Å²) in [6.45, 7) is 6.23. The number of hydrogen-bond acceptors (Lipinski definition) is 3. The Bertz CT molecular complexity index is 485. The van der Waals surface area contributed by atoms with E-state index in [4.69, 9.17) is 9.41 Å². The van der Waals surface area contributed by atoms with Crippen molar-refractivity contribution in [2.45, 2.75) is 64.0 Å². The number of aliphatic imine (C=N–C) groups is 1. The van der Waals surface area contributed by atoms with E-state index in [-0.39, 0.29) is 0 Å². The number of furan rings is 1. The molecule has 0 aromatic carbocycles. The lowest BCUT2D eigenvalue weighted by atomic mass is 10.0. The van der Waals surface area contributed by atoms with Crippen LogP contribution in [0.1, 0.15) is 51.2 Å². The number of nitrogens with zero attached hydrogens (tertiary/aromatic N) is 2. The van der Waals surface area contributed by atoms with Crippen molar-refractivity contribution in [3.05, 3.63) is 24.2 Å². The molecule has 1 aliphatic heterocycles. The summed E-state index contributed by atoms with van der Waals surface area (Å²) < 4.78 is 5.37. The zero-order valence-corrected chi connectivity index (χ0v) is 15.0. The minimum Gasteiger partial charge on any atom is -0.469 e. The first-order valence-corrected chi connectivity index (χ1v) is 9.66. The third-order valence-electron chi connectivity index (χ3n) is 5.26. The van der Waals surface area contributed by atoms with Crippen LogP contribution in [0.4, 0.5) is 0 Å². The third-order valence-corrected chi connectivity index (χ3v) is 5.26. The molecule has 0 spiro atoms. The maximum atomic E-state index is 5.37. The van der Waals surface area contributed by atoms with E-state index in [1.54, 1.807) is 6.26 Å². The molecule has 0 bridgehead atoms. The lowest BCUT2D eigenvalue weighted by Gasteiger charge is -2.36. The SMILES string of the molecule is CCNC(=NCCc1ccco1)NC1CCN(C2CCCC2)CC1. The zero-order valence-electron chi connectivity index (χ0n) is 15.0. The van der Waals surface area contributed by atoms with Gasteiger partial charge in [0.1, 0.15) is 5.76 Å². The van der Waals surface area contributed by atoms with Gasteiger partial charge in [0.25, 0.3) is 0 Å². The summed E-state index contributed by atoms with van der Waals surface area (Å²) in [5, 5.41) is 7.00. The smallest absolute Gasteiger partial charge is 0.191 e. The van der Waals surface area contributed by atoms with Gasteiger partial charge in [0, 0.05) is 44.7 Å². The minimum atomic E-state index is 0.545. The lowest BCUT2D eigenvalue weighted by Crippen LogP contribution is -2.50. The molecule has 134 valence electrons. The highest BCUT2D eigenvalue weighted by atomic mass is 16.3. The van der Waals surface area contributed by atoms with Crippen molar-refractivity contribution in [3.8, 4) is 0 Å². The molecule has 2 N–H and O–H groups in total. The molecular weight excluding hydrogens is 300 g/mol. The van der Waals surface area contributed by atoms with Crippen molar-refractivity contribution in [2.24, 2.45) is 4.99 Å². The van der Waals surface area contributed by atoms with E-state index in [0.717, 1.165) is 37.3 Å². The Morgan fingerprint density at radius 2 is 2.04 bits per heavy atom. The molecule has 0 atom stereocenters. The van der Waals surface area contributed by atoms with Crippen molar-refractivity contribution in [1.29, 1.82) is 0 Å². The van der Waals surface area contributed by atoms with Crippen LogP contribution >= 0.6 is 0 Å². The van der Waals surface area contributed by atoms with Gasteiger partial charge in [-0.15, -0.1) is 0 Å². The predicted octanol–water partition coefficient (Wildman–Crippen LogP) is 2.78. The van der Waals surface area contributed by atoms with Crippen LogP contribution in [-0.4, -0.2) is 49.1 Å². The first-order valence-electron chi connectivity index (χ1n) is 9.66. The topological polar surface area (TPSA) is 52.8 Å². The Hall–Kier alpha value is -1.49. The second kappa shape index (κ2) is 9.11. The van der Waals surface area contributed by atoms with Crippen LogP contribution in [0.25, 0.3) is 0 Å². The highest BCUT2D eigenvalue weighted by Crippen LogP contribution is 2.26. The largest absolute Gasteiger partial charge is 0.469 e. The average molecular weight is 332 g/mol. The van der Waals surface area contributed by atoms with Crippen LogP contribution in [0.5, 0.6) is 0 Å². The number of rotatable bonds is 6. The quantitative estimate of drug-likeness (QED) is 0.621. The Balaban J connectivity index is 1.43. The summed E-state index contributed by atoms with van der Waals surface area (Å²) in [6, 6.07) is 5.35. The Labute approximate surface area is 145 Å². The van der Waals surface area contributed by atoms with E-state index in [2.05, 4.69) is 22.5 Å². The molecule has 2 fully saturated rings. The summed E-state index contributed by atoms with van der Waals surface area (Å²) >= 11 is 0. The van der Waals surface area contributed by atoms with E-state index in [0.29, 0.717) is 6.04 Å². The first kappa shape index (κ1) is 17.3. The summed E-state index contributed by atoms with van der Waals surface area (Å²) in [7, 11) is 0. The van der Waals surface area contributed by atoms with E-state index in [9.17, 15) is 0 Å². The van der Waals surface area contributed by atoms with Gasteiger partial charge < -0.3 is 20.0 Å². The van der Waals surface area contributed by atoms with Gasteiger partial charge in [0.15, 0.2) is 5.96 Å². The normalized spacial score (nSPS) is 21.3. The Morgan fingerprint density at radius 1 is 1.25 bits per heavy atom.